The van der Waals surface area contributed by atoms with Crippen molar-refractivity contribution in [3.8, 4) is 0 Å². The fourth-order valence-electron chi connectivity index (χ4n) is 6.04. The number of nitrogens with one attached hydrogen (secondary N) is 3. The van der Waals surface area contributed by atoms with Gasteiger partial charge in [0.25, 0.3) is 0 Å². The van der Waals surface area contributed by atoms with Gasteiger partial charge < -0.3 is 35.0 Å². The second-order valence-electron chi connectivity index (χ2n) is 14.1. The van der Waals surface area contributed by atoms with Crippen molar-refractivity contribution < 1.29 is 47.0 Å². The summed E-state index contributed by atoms with van der Waals surface area (Å²) in [5.74, 6) is -1.56. The zero-order valence-electron chi connectivity index (χ0n) is 30.0. The van der Waals surface area contributed by atoms with Crippen LogP contribution in [0.25, 0.3) is 0 Å². The predicted octanol–water partition coefficient (Wildman–Crippen LogP) is 3.08. The molecule has 1 unspecified atom stereocenters. The summed E-state index contributed by atoms with van der Waals surface area (Å²) in [5, 5.41) is 14.5. The fraction of sp³-hybridized carbons (Fsp3) is 0.848. The van der Waals surface area contributed by atoms with E-state index in [9.17, 15) is 37.5 Å². The Morgan fingerprint density at radius 2 is 1.43 bits per heavy atom. The van der Waals surface area contributed by atoms with Gasteiger partial charge in [-0.25, -0.2) is 18.0 Å². The van der Waals surface area contributed by atoms with Crippen LogP contribution in [0.2, 0.25) is 0 Å². The summed E-state index contributed by atoms with van der Waals surface area (Å²) >= 11 is 0. The van der Waals surface area contributed by atoms with Crippen molar-refractivity contribution in [3.05, 3.63) is 0 Å². The fourth-order valence-corrected chi connectivity index (χ4v) is 7.44. The van der Waals surface area contributed by atoms with Crippen LogP contribution < -0.4 is 15.4 Å². The summed E-state index contributed by atoms with van der Waals surface area (Å²) < 4.78 is 37.6. The molecule has 2 aliphatic rings. The van der Waals surface area contributed by atoms with Crippen LogP contribution in [0.1, 0.15) is 98.8 Å². The number of hydrogen-bond acceptors (Lipinski definition) is 9. The van der Waals surface area contributed by atoms with E-state index in [1.54, 1.807) is 11.8 Å². The SMILES string of the molecule is CCCCS(=O)(=O)N[C@@H](CNC(=O)CNC(=O)C(CCC1CCN(C(=O)O)CC1)CCC1CCN(C(=O)OC(C)(C)C)CC1)C(=O)OCC. The van der Waals surface area contributed by atoms with E-state index in [1.807, 2.05) is 27.7 Å². The third kappa shape index (κ3) is 16.4. The van der Waals surface area contributed by atoms with Crippen LogP contribution in [-0.4, -0.2) is 117 Å². The number of hydrogen-bond donors (Lipinski definition) is 4. The number of likely N-dealkylation sites (tertiary alicyclic amines) is 2. The van der Waals surface area contributed by atoms with Crippen LogP contribution in [0.15, 0.2) is 0 Å². The Balaban J connectivity index is 1.95. The third-order valence-corrected chi connectivity index (χ3v) is 10.4. The van der Waals surface area contributed by atoms with Crippen molar-refractivity contribution >= 4 is 40.0 Å². The van der Waals surface area contributed by atoms with Gasteiger partial charge in [-0.1, -0.05) is 13.3 Å². The minimum atomic E-state index is -3.77. The lowest BCUT2D eigenvalue weighted by atomic mass is 9.84. The number of amides is 4. The normalized spacial score (nSPS) is 17.6. The van der Waals surface area contributed by atoms with Gasteiger partial charge >= 0.3 is 18.2 Å². The Kier molecular flexibility index (Phi) is 17.6. The van der Waals surface area contributed by atoms with Crippen LogP contribution in [0, 0.1) is 17.8 Å². The molecular formula is C33H59N5O10S. The first-order valence-corrected chi connectivity index (χ1v) is 19.4. The second kappa shape index (κ2) is 20.5. The highest BCUT2D eigenvalue weighted by Crippen LogP contribution is 2.29. The van der Waals surface area contributed by atoms with E-state index in [1.165, 1.54) is 4.90 Å². The molecule has 2 rings (SSSR count). The molecule has 2 heterocycles. The van der Waals surface area contributed by atoms with Crippen LogP contribution in [0.5, 0.6) is 0 Å². The molecule has 49 heavy (non-hydrogen) atoms. The molecule has 0 bridgehead atoms. The zero-order chi connectivity index (χ0) is 36.6. The molecule has 2 atom stereocenters. The van der Waals surface area contributed by atoms with E-state index >= 15 is 0 Å². The molecule has 2 aliphatic heterocycles. The first kappa shape index (κ1) is 42.0. The lowest BCUT2D eigenvalue weighted by molar-refractivity contribution is -0.145. The van der Waals surface area contributed by atoms with E-state index in [2.05, 4.69) is 15.4 Å². The smallest absolute Gasteiger partial charge is 0.410 e. The standard InChI is InChI=1S/C33H59N5O10S/c1-6-8-21-49(45,46)36-27(30(41)47-7-2)22-34-28(39)23-35-29(40)26(11-9-24-13-17-37(18-14-24)31(42)43)12-10-25-15-19-38(20-16-25)32(44)48-33(3,4)5/h24-27,36H,6-23H2,1-5H3,(H,34,39)(H,35,40)(H,42,43)/t26?,27-/m0/s1. The molecule has 16 heteroatoms. The molecule has 0 aromatic carbocycles. The average Bonchev–Trinajstić information content (AvgIpc) is 3.04. The quantitative estimate of drug-likeness (QED) is 0.153. The minimum Gasteiger partial charge on any atom is -0.465 e. The molecule has 0 radical (unpaired) electrons. The molecule has 15 nitrogen and oxygen atoms in total. The summed E-state index contributed by atoms with van der Waals surface area (Å²) in [6, 6.07) is -1.30. The number of carbonyl (C=O) groups is 5. The lowest BCUT2D eigenvalue weighted by Crippen LogP contribution is -2.51. The van der Waals surface area contributed by atoms with E-state index < -0.39 is 39.6 Å². The summed E-state index contributed by atoms with van der Waals surface area (Å²) in [6.07, 6.45) is 5.61. The molecule has 4 amide bonds. The van der Waals surface area contributed by atoms with Crippen molar-refractivity contribution in [1.29, 1.82) is 0 Å². The molecule has 2 saturated heterocycles. The van der Waals surface area contributed by atoms with Gasteiger partial charge in [-0.05, 0) is 97.3 Å². The van der Waals surface area contributed by atoms with Gasteiger partial charge in [0.05, 0.1) is 18.9 Å². The Hall–Kier alpha value is -3.14. The summed E-state index contributed by atoms with van der Waals surface area (Å²) in [5.41, 5.74) is -0.565. The van der Waals surface area contributed by atoms with Crippen LogP contribution in [-0.2, 0) is 33.9 Å². The summed E-state index contributed by atoms with van der Waals surface area (Å²) in [6.45, 7) is 10.4. The van der Waals surface area contributed by atoms with Crippen molar-refractivity contribution in [2.45, 2.75) is 110 Å². The Bertz CT molecular complexity index is 1190. The molecule has 2 fully saturated rings. The van der Waals surface area contributed by atoms with Crippen molar-refractivity contribution in [3.63, 3.8) is 0 Å². The highest BCUT2D eigenvalue weighted by Gasteiger charge is 2.30. The number of sulfonamides is 1. The largest absolute Gasteiger partial charge is 0.465 e. The van der Waals surface area contributed by atoms with Crippen LogP contribution in [0.4, 0.5) is 9.59 Å². The highest BCUT2D eigenvalue weighted by molar-refractivity contribution is 7.89. The summed E-state index contributed by atoms with van der Waals surface area (Å²) in [4.78, 5) is 65.4. The number of nitrogens with zero attached hydrogens (tertiary/aromatic N) is 2. The number of ether oxygens (including phenoxy) is 2. The van der Waals surface area contributed by atoms with Gasteiger partial charge in [0.1, 0.15) is 11.6 Å². The zero-order valence-corrected chi connectivity index (χ0v) is 30.8. The Morgan fingerprint density at radius 1 is 0.878 bits per heavy atom. The molecule has 282 valence electrons. The monoisotopic (exact) mass is 717 g/mol. The first-order valence-electron chi connectivity index (χ1n) is 17.7. The van der Waals surface area contributed by atoms with Crippen LogP contribution in [0.3, 0.4) is 0 Å². The molecule has 0 aromatic heterocycles. The maximum absolute atomic E-state index is 13.4. The molecule has 0 aliphatic carbocycles. The number of esters is 1. The van der Waals surface area contributed by atoms with Gasteiger partial charge in [-0.3, -0.25) is 14.4 Å². The number of carbonyl (C=O) groups excluding carboxylic acids is 4. The molecular weight excluding hydrogens is 658 g/mol. The van der Waals surface area contributed by atoms with Gasteiger partial charge in [0.2, 0.25) is 21.8 Å². The van der Waals surface area contributed by atoms with E-state index in [0.717, 1.165) is 38.5 Å². The highest BCUT2D eigenvalue weighted by atomic mass is 32.2. The maximum atomic E-state index is 13.4. The lowest BCUT2D eigenvalue weighted by Gasteiger charge is -2.34. The number of carboxylic acid groups (broad SMARTS) is 1. The minimum absolute atomic E-state index is 0.0406. The molecule has 0 spiro atoms. The summed E-state index contributed by atoms with van der Waals surface area (Å²) in [7, 11) is -3.77. The van der Waals surface area contributed by atoms with Gasteiger partial charge in [-0.15, -0.1) is 0 Å². The van der Waals surface area contributed by atoms with E-state index in [0.29, 0.717) is 63.7 Å². The van der Waals surface area contributed by atoms with E-state index in [-0.39, 0.29) is 43.4 Å². The van der Waals surface area contributed by atoms with Crippen LogP contribution >= 0.6 is 0 Å². The van der Waals surface area contributed by atoms with Gasteiger partial charge in [-0.2, -0.15) is 4.72 Å². The topological polar surface area (TPSA) is 201 Å². The van der Waals surface area contributed by atoms with Crippen molar-refractivity contribution in [2.24, 2.45) is 17.8 Å². The third-order valence-electron chi connectivity index (χ3n) is 8.95. The molecule has 0 aromatic rings. The Morgan fingerprint density at radius 3 is 1.92 bits per heavy atom. The van der Waals surface area contributed by atoms with Gasteiger partial charge in [0, 0.05) is 38.6 Å². The molecule has 0 saturated carbocycles. The van der Waals surface area contributed by atoms with Crippen molar-refractivity contribution in [1.82, 2.24) is 25.2 Å². The van der Waals surface area contributed by atoms with Gasteiger partial charge in [0.15, 0.2) is 0 Å². The number of unbranched alkanes of at least 4 members (excludes halogenated alkanes) is 1. The maximum Gasteiger partial charge on any atom is 0.410 e. The first-order chi connectivity index (χ1) is 23.0. The predicted molar refractivity (Wildman–Crippen MR) is 183 cm³/mol. The number of piperidine rings is 2. The van der Waals surface area contributed by atoms with E-state index in [4.69, 9.17) is 9.47 Å². The molecule has 4 N–H and O–H groups in total. The average molecular weight is 718 g/mol. The second-order valence-corrected chi connectivity index (χ2v) is 16.0. The Labute approximate surface area is 291 Å². The number of rotatable bonds is 18. The van der Waals surface area contributed by atoms with Crippen molar-refractivity contribution in [2.75, 3.05) is 51.6 Å².